The van der Waals surface area contributed by atoms with E-state index in [1.807, 2.05) is 0 Å². The smallest absolute Gasteiger partial charge is 0.172 e. The second kappa shape index (κ2) is 3.25. The summed E-state index contributed by atoms with van der Waals surface area (Å²) in [6.07, 6.45) is 8.24. The van der Waals surface area contributed by atoms with Gasteiger partial charge in [-0.05, 0) is 11.8 Å². The predicted molar refractivity (Wildman–Crippen MR) is 54.6 cm³/mol. The van der Waals surface area contributed by atoms with Crippen molar-refractivity contribution in [3.63, 3.8) is 0 Å². The molecule has 1 heterocycles. The molecule has 2 nitrogen and oxygen atoms in total. The Hall–Kier alpha value is -0.520. The summed E-state index contributed by atoms with van der Waals surface area (Å²) in [4.78, 5) is 0. The molecule has 1 aliphatic carbocycles. The van der Waals surface area contributed by atoms with Crippen LogP contribution in [0, 0.1) is 23.7 Å². The van der Waals surface area contributed by atoms with Gasteiger partial charge in [0.25, 0.3) is 0 Å². The Kier molecular flexibility index (Phi) is 2.33. The number of ether oxygens (including phenoxy) is 2. The zero-order valence-electron chi connectivity index (χ0n) is 9.01. The fourth-order valence-electron chi connectivity index (χ4n) is 2.88. The number of terminal acetylenes is 1. The van der Waals surface area contributed by atoms with Crippen molar-refractivity contribution in [3.05, 3.63) is 0 Å². The topological polar surface area (TPSA) is 18.5 Å². The van der Waals surface area contributed by atoms with Crippen molar-refractivity contribution < 1.29 is 9.47 Å². The van der Waals surface area contributed by atoms with Crippen LogP contribution in [0.15, 0.2) is 0 Å². The summed E-state index contributed by atoms with van der Waals surface area (Å²) in [6.45, 7) is 5.96. The van der Waals surface area contributed by atoms with E-state index < -0.39 is 0 Å². The Bertz CT molecular complexity index is 256. The van der Waals surface area contributed by atoms with E-state index in [1.54, 1.807) is 0 Å². The lowest BCUT2D eigenvalue weighted by Gasteiger charge is -2.28. The van der Waals surface area contributed by atoms with Crippen LogP contribution in [0.5, 0.6) is 0 Å². The summed E-state index contributed by atoms with van der Waals surface area (Å²) >= 11 is 0. The first-order valence-electron chi connectivity index (χ1n) is 5.29. The molecule has 1 aliphatic heterocycles. The maximum Gasteiger partial charge on any atom is 0.172 e. The quantitative estimate of drug-likeness (QED) is 0.596. The molecule has 1 unspecified atom stereocenters. The molecular weight excluding hydrogens is 176 g/mol. The highest BCUT2D eigenvalue weighted by molar-refractivity contribution is 5.02. The van der Waals surface area contributed by atoms with Crippen LogP contribution >= 0.6 is 0 Å². The SMILES string of the molecule is C#CCC1CC(C)(C)CC12OCCO2. The maximum absolute atomic E-state index is 5.78. The molecule has 0 aromatic heterocycles. The van der Waals surface area contributed by atoms with E-state index in [0.29, 0.717) is 11.3 Å². The monoisotopic (exact) mass is 194 g/mol. The molecule has 0 amide bonds. The average Bonchev–Trinajstić information content (AvgIpc) is 2.60. The third-order valence-corrected chi connectivity index (χ3v) is 3.29. The molecule has 2 rings (SSSR count). The Balaban J connectivity index is 2.18. The first kappa shape index (κ1) is 10.0. The van der Waals surface area contributed by atoms with Crippen molar-refractivity contribution in [2.75, 3.05) is 13.2 Å². The Labute approximate surface area is 86.0 Å². The Morgan fingerprint density at radius 3 is 2.57 bits per heavy atom. The Morgan fingerprint density at radius 2 is 2.00 bits per heavy atom. The van der Waals surface area contributed by atoms with E-state index in [9.17, 15) is 0 Å². The lowest BCUT2D eigenvalue weighted by molar-refractivity contribution is -0.183. The predicted octanol–water partition coefficient (Wildman–Crippen LogP) is 2.19. The minimum Gasteiger partial charge on any atom is -0.347 e. The lowest BCUT2D eigenvalue weighted by atomic mass is 9.90. The number of hydrogen-bond donors (Lipinski definition) is 0. The van der Waals surface area contributed by atoms with Crippen LogP contribution in [-0.4, -0.2) is 19.0 Å². The van der Waals surface area contributed by atoms with Crippen molar-refractivity contribution in [1.82, 2.24) is 0 Å². The van der Waals surface area contributed by atoms with Gasteiger partial charge >= 0.3 is 0 Å². The van der Waals surface area contributed by atoms with Gasteiger partial charge in [-0.1, -0.05) is 13.8 Å². The van der Waals surface area contributed by atoms with Gasteiger partial charge in [-0.3, -0.25) is 0 Å². The van der Waals surface area contributed by atoms with Crippen molar-refractivity contribution in [1.29, 1.82) is 0 Å². The van der Waals surface area contributed by atoms with Crippen LogP contribution in [0.25, 0.3) is 0 Å². The van der Waals surface area contributed by atoms with E-state index in [0.717, 1.165) is 32.5 Å². The molecule has 14 heavy (non-hydrogen) atoms. The van der Waals surface area contributed by atoms with Gasteiger partial charge in [0.05, 0.1) is 13.2 Å². The number of rotatable bonds is 1. The molecule has 1 saturated heterocycles. The van der Waals surface area contributed by atoms with Crippen molar-refractivity contribution in [2.24, 2.45) is 11.3 Å². The third-order valence-electron chi connectivity index (χ3n) is 3.29. The van der Waals surface area contributed by atoms with Crippen LogP contribution < -0.4 is 0 Å². The van der Waals surface area contributed by atoms with Crippen LogP contribution in [0.2, 0.25) is 0 Å². The van der Waals surface area contributed by atoms with E-state index >= 15 is 0 Å². The lowest BCUT2D eigenvalue weighted by Crippen LogP contribution is -2.34. The standard InChI is InChI=1S/C12H18O2/c1-4-5-10-8-11(2,3)9-12(10)13-6-7-14-12/h1,10H,5-9H2,2-3H3. The summed E-state index contributed by atoms with van der Waals surface area (Å²) in [7, 11) is 0. The molecule has 0 bridgehead atoms. The first-order chi connectivity index (χ1) is 6.58. The van der Waals surface area contributed by atoms with Crippen molar-refractivity contribution in [3.8, 4) is 12.3 Å². The van der Waals surface area contributed by atoms with Crippen LogP contribution in [0.3, 0.4) is 0 Å². The fourth-order valence-corrected chi connectivity index (χ4v) is 2.88. The van der Waals surface area contributed by atoms with Gasteiger partial charge in [0.2, 0.25) is 0 Å². The van der Waals surface area contributed by atoms with Gasteiger partial charge in [-0.2, -0.15) is 0 Å². The van der Waals surface area contributed by atoms with Crippen molar-refractivity contribution >= 4 is 0 Å². The molecule has 2 fully saturated rings. The average molecular weight is 194 g/mol. The highest BCUT2D eigenvalue weighted by atomic mass is 16.7. The zero-order chi connectivity index (χ0) is 10.2. The van der Waals surface area contributed by atoms with Crippen LogP contribution in [0.4, 0.5) is 0 Å². The largest absolute Gasteiger partial charge is 0.347 e. The number of hydrogen-bond acceptors (Lipinski definition) is 2. The highest BCUT2D eigenvalue weighted by Gasteiger charge is 2.54. The molecule has 0 aromatic carbocycles. The van der Waals surface area contributed by atoms with E-state index in [-0.39, 0.29) is 5.79 Å². The van der Waals surface area contributed by atoms with Gasteiger partial charge in [0, 0.05) is 18.8 Å². The summed E-state index contributed by atoms with van der Waals surface area (Å²) < 4.78 is 11.6. The zero-order valence-corrected chi connectivity index (χ0v) is 9.01. The highest BCUT2D eigenvalue weighted by Crippen LogP contribution is 2.52. The maximum atomic E-state index is 5.78. The molecule has 1 spiro atoms. The van der Waals surface area contributed by atoms with Crippen LogP contribution in [0.1, 0.15) is 33.1 Å². The van der Waals surface area contributed by atoms with Crippen molar-refractivity contribution in [2.45, 2.75) is 38.9 Å². The second-order valence-electron chi connectivity index (χ2n) is 5.16. The molecule has 0 radical (unpaired) electrons. The van der Waals surface area contributed by atoms with E-state index in [1.165, 1.54) is 0 Å². The molecular formula is C12H18O2. The fraction of sp³-hybridized carbons (Fsp3) is 0.833. The van der Waals surface area contributed by atoms with Gasteiger partial charge in [0.1, 0.15) is 0 Å². The summed E-state index contributed by atoms with van der Waals surface area (Å²) in [5, 5.41) is 0. The van der Waals surface area contributed by atoms with E-state index in [4.69, 9.17) is 15.9 Å². The molecule has 1 atom stereocenters. The molecule has 0 N–H and O–H groups in total. The third kappa shape index (κ3) is 1.55. The molecule has 0 aromatic rings. The summed E-state index contributed by atoms with van der Waals surface area (Å²) in [5.41, 5.74) is 0.297. The molecule has 2 aliphatic rings. The van der Waals surface area contributed by atoms with Crippen LogP contribution in [-0.2, 0) is 9.47 Å². The molecule has 2 heteroatoms. The molecule has 78 valence electrons. The van der Waals surface area contributed by atoms with E-state index in [2.05, 4.69) is 19.8 Å². The summed E-state index contributed by atoms with van der Waals surface area (Å²) in [6, 6.07) is 0. The normalized spacial score (nSPS) is 33.4. The Morgan fingerprint density at radius 1 is 1.36 bits per heavy atom. The van der Waals surface area contributed by atoms with Gasteiger partial charge < -0.3 is 9.47 Å². The van der Waals surface area contributed by atoms with Gasteiger partial charge in [-0.15, -0.1) is 12.3 Å². The minimum atomic E-state index is -0.351. The summed E-state index contributed by atoms with van der Waals surface area (Å²) in [5.74, 6) is 2.77. The minimum absolute atomic E-state index is 0.297. The van der Waals surface area contributed by atoms with Gasteiger partial charge in [0.15, 0.2) is 5.79 Å². The first-order valence-corrected chi connectivity index (χ1v) is 5.29. The second-order valence-corrected chi connectivity index (χ2v) is 5.16. The molecule has 1 saturated carbocycles. The van der Waals surface area contributed by atoms with Gasteiger partial charge in [-0.25, -0.2) is 0 Å².